The van der Waals surface area contributed by atoms with E-state index in [9.17, 15) is 9.59 Å². The first kappa shape index (κ1) is 13.4. The number of para-hydroxylation sites is 1. The number of anilines is 1. The molecule has 21 heavy (non-hydrogen) atoms. The van der Waals surface area contributed by atoms with E-state index in [1.165, 1.54) is 0 Å². The number of carbonyl (C=O) groups excluding carboxylic acids is 2. The molecule has 2 heterocycles. The monoisotopic (exact) mass is 284 g/mol. The minimum absolute atomic E-state index is 0.0695. The predicted octanol–water partition coefficient (Wildman–Crippen LogP) is 1.01. The van der Waals surface area contributed by atoms with Crippen LogP contribution in [0.1, 0.15) is 12.0 Å². The summed E-state index contributed by atoms with van der Waals surface area (Å²) >= 11 is 0. The van der Waals surface area contributed by atoms with E-state index in [0.717, 1.165) is 11.3 Å². The van der Waals surface area contributed by atoms with Crippen LogP contribution in [0.4, 0.5) is 5.69 Å². The minimum atomic E-state index is -0.296. The number of hydrogen-bond acceptors (Lipinski definition) is 3. The second-order valence-electron chi connectivity index (χ2n) is 5.06. The van der Waals surface area contributed by atoms with Crippen LogP contribution in [0.25, 0.3) is 0 Å². The minimum Gasteiger partial charge on any atom is -0.355 e. The molecule has 1 unspecified atom stereocenters. The number of aromatic nitrogens is 2. The summed E-state index contributed by atoms with van der Waals surface area (Å²) in [4.78, 5) is 23.4. The lowest BCUT2D eigenvalue weighted by atomic mass is 10.1. The SMILES string of the molecule is O=C1CC(C(=O)Nc2ccccc2Cn2cccn2)CN1. The molecule has 0 saturated carbocycles. The number of rotatable bonds is 4. The van der Waals surface area contributed by atoms with Crippen molar-refractivity contribution in [2.24, 2.45) is 5.92 Å². The van der Waals surface area contributed by atoms with Crippen molar-refractivity contribution in [2.45, 2.75) is 13.0 Å². The number of benzene rings is 1. The number of nitrogens with one attached hydrogen (secondary N) is 2. The molecule has 0 spiro atoms. The Kier molecular flexibility index (Phi) is 3.68. The van der Waals surface area contributed by atoms with Gasteiger partial charge < -0.3 is 10.6 Å². The van der Waals surface area contributed by atoms with Crippen LogP contribution >= 0.6 is 0 Å². The predicted molar refractivity (Wildman–Crippen MR) is 77.5 cm³/mol. The molecule has 3 rings (SSSR count). The standard InChI is InChI=1S/C15H16N4O2/c20-14-8-12(9-16-14)15(21)18-13-5-2-1-4-11(13)10-19-7-3-6-17-19/h1-7,12H,8-10H2,(H,16,20)(H,18,21). The largest absolute Gasteiger partial charge is 0.355 e. The molecule has 1 aromatic heterocycles. The van der Waals surface area contributed by atoms with Gasteiger partial charge in [0.1, 0.15) is 0 Å². The molecule has 0 radical (unpaired) electrons. The second kappa shape index (κ2) is 5.78. The Morgan fingerprint density at radius 3 is 2.95 bits per heavy atom. The van der Waals surface area contributed by atoms with E-state index < -0.39 is 0 Å². The van der Waals surface area contributed by atoms with E-state index in [1.54, 1.807) is 10.9 Å². The van der Waals surface area contributed by atoms with Gasteiger partial charge in [-0.2, -0.15) is 5.10 Å². The van der Waals surface area contributed by atoms with Crippen molar-refractivity contribution in [3.05, 3.63) is 48.3 Å². The van der Waals surface area contributed by atoms with Crippen LogP contribution in [0.5, 0.6) is 0 Å². The van der Waals surface area contributed by atoms with E-state index >= 15 is 0 Å². The molecule has 2 N–H and O–H groups in total. The molecule has 0 aliphatic carbocycles. The fourth-order valence-electron chi connectivity index (χ4n) is 2.37. The first-order chi connectivity index (χ1) is 10.2. The van der Waals surface area contributed by atoms with Gasteiger partial charge in [0.15, 0.2) is 0 Å². The third kappa shape index (κ3) is 3.10. The Hall–Kier alpha value is -2.63. The number of hydrogen-bond donors (Lipinski definition) is 2. The summed E-state index contributed by atoms with van der Waals surface area (Å²) < 4.78 is 1.80. The number of nitrogens with zero attached hydrogens (tertiary/aromatic N) is 2. The van der Waals surface area contributed by atoms with Crippen molar-refractivity contribution in [2.75, 3.05) is 11.9 Å². The molecule has 2 amide bonds. The normalized spacial score (nSPS) is 17.5. The summed E-state index contributed by atoms with van der Waals surface area (Å²) in [6.07, 6.45) is 3.85. The molecule has 1 aliphatic heterocycles. The quantitative estimate of drug-likeness (QED) is 0.879. The van der Waals surface area contributed by atoms with Gasteiger partial charge in [-0.15, -0.1) is 0 Å². The van der Waals surface area contributed by atoms with Crippen LogP contribution in [0, 0.1) is 5.92 Å². The zero-order chi connectivity index (χ0) is 14.7. The van der Waals surface area contributed by atoms with E-state index in [1.807, 2.05) is 36.5 Å². The third-order valence-electron chi connectivity index (χ3n) is 3.51. The molecule has 6 nitrogen and oxygen atoms in total. The molecular weight excluding hydrogens is 268 g/mol. The molecule has 108 valence electrons. The van der Waals surface area contributed by atoms with Gasteiger partial charge in [0, 0.05) is 31.0 Å². The molecule has 0 bridgehead atoms. The average Bonchev–Trinajstić information content (AvgIpc) is 3.12. The maximum Gasteiger partial charge on any atom is 0.229 e. The molecule has 1 atom stereocenters. The van der Waals surface area contributed by atoms with Crippen molar-refractivity contribution < 1.29 is 9.59 Å². The Labute approximate surface area is 122 Å². The smallest absolute Gasteiger partial charge is 0.229 e. The van der Waals surface area contributed by atoms with Gasteiger partial charge in [0.25, 0.3) is 0 Å². The summed E-state index contributed by atoms with van der Waals surface area (Å²) in [5.74, 6) is -0.489. The molecule has 6 heteroatoms. The Morgan fingerprint density at radius 1 is 1.38 bits per heavy atom. The molecule has 1 fully saturated rings. The molecule has 1 aromatic carbocycles. The fraction of sp³-hybridized carbons (Fsp3) is 0.267. The topological polar surface area (TPSA) is 76.0 Å². The fourth-order valence-corrected chi connectivity index (χ4v) is 2.37. The van der Waals surface area contributed by atoms with Crippen LogP contribution in [-0.2, 0) is 16.1 Å². The van der Waals surface area contributed by atoms with Crippen LogP contribution in [-0.4, -0.2) is 28.1 Å². The van der Waals surface area contributed by atoms with E-state index in [2.05, 4.69) is 15.7 Å². The Bertz CT molecular complexity index is 651. The van der Waals surface area contributed by atoms with Crippen molar-refractivity contribution >= 4 is 17.5 Å². The third-order valence-corrected chi connectivity index (χ3v) is 3.51. The van der Waals surface area contributed by atoms with Crippen molar-refractivity contribution in [3.63, 3.8) is 0 Å². The van der Waals surface area contributed by atoms with Gasteiger partial charge in [-0.05, 0) is 17.7 Å². The van der Waals surface area contributed by atoms with Crippen molar-refractivity contribution in [3.8, 4) is 0 Å². The van der Waals surface area contributed by atoms with Crippen LogP contribution in [0.3, 0.4) is 0 Å². The van der Waals surface area contributed by atoms with Crippen LogP contribution in [0.2, 0.25) is 0 Å². The first-order valence-electron chi connectivity index (χ1n) is 6.85. The van der Waals surface area contributed by atoms with Gasteiger partial charge >= 0.3 is 0 Å². The lowest BCUT2D eigenvalue weighted by molar-refractivity contribution is -0.123. The maximum absolute atomic E-state index is 12.2. The van der Waals surface area contributed by atoms with Gasteiger partial charge in [-0.25, -0.2) is 0 Å². The van der Waals surface area contributed by atoms with Crippen LogP contribution < -0.4 is 10.6 Å². The summed E-state index contributed by atoms with van der Waals surface area (Å²) in [5, 5.41) is 9.76. The molecule has 1 aliphatic rings. The zero-order valence-corrected chi connectivity index (χ0v) is 11.5. The molecular formula is C15H16N4O2. The zero-order valence-electron chi connectivity index (χ0n) is 11.5. The van der Waals surface area contributed by atoms with E-state index in [0.29, 0.717) is 13.1 Å². The second-order valence-corrected chi connectivity index (χ2v) is 5.06. The lowest BCUT2D eigenvalue weighted by Gasteiger charge is -2.13. The van der Waals surface area contributed by atoms with Gasteiger partial charge in [-0.3, -0.25) is 14.3 Å². The summed E-state index contributed by atoms with van der Waals surface area (Å²) in [7, 11) is 0. The Morgan fingerprint density at radius 2 is 2.24 bits per heavy atom. The highest BCUT2D eigenvalue weighted by Gasteiger charge is 2.28. The summed E-state index contributed by atoms with van der Waals surface area (Å²) in [5.41, 5.74) is 1.74. The van der Waals surface area contributed by atoms with Crippen LogP contribution in [0.15, 0.2) is 42.7 Å². The maximum atomic E-state index is 12.2. The summed E-state index contributed by atoms with van der Waals surface area (Å²) in [6, 6.07) is 9.47. The lowest BCUT2D eigenvalue weighted by Crippen LogP contribution is -2.25. The van der Waals surface area contributed by atoms with E-state index in [4.69, 9.17) is 0 Å². The van der Waals surface area contributed by atoms with Gasteiger partial charge in [-0.1, -0.05) is 18.2 Å². The highest BCUT2D eigenvalue weighted by atomic mass is 16.2. The average molecular weight is 284 g/mol. The van der Waals surface area contributed by atoms with Gasteiger partial charge in [0.2, 0.25) is 11.8 Å². The molecule has 2 aromatic rings. The highest BCUT2D eigenvalue weighted by molar-refractivity contribution is 5.97. The Balaban J connectivity index is 1.73. The number of carbonyl (C=O) groups is 2. The summed E-state index contributed by atoms with van der Waals surface area (Å²) in [6.45, 7) is 0.997. The molecule has 1 saturated heterocycles. The first-order valence-corrected chi connectivity index (χ1v) is 6.85. The van der Waals surface area contributed by atoms with Crippen molar-refractivity contribution in [1.82, 2.24) is 15.1 Å². The number of amides is 2. The van der Waals surface area contributed by atoms with Crippen molar-refractivity contribution in [1.29, 1.82) is 0 Å². The van der Waals surface area contributed by atoms with Gasteiger partial charge in [0.05, 0.1) is 12.5 Å². The highest BCUT2D eigenvalue weighted by Crippen LogP contribution is 2.19. The van der Waals surface area contributed by atoms with E-state index in [-0.39, 0.29) is 24.2 Å².